The standard InChI is InChI=1S/C12H13F3N2O2/c1-19-9-5-3-2-4-8(9)11(12(13,14)15)17-7-6-10(18)16-17/h2-5,11H,6-7H2,1H3,(H,16,18). The number of alkyl halides is 3. The van der Waals surface area contributed by atoms with Crippen molar-refractivity contribution in [3.05, 3.63) is 29.8 Å². The highest BCUT2D eigenvalue weighted by molar-refractivity contribution is 5.77. The van der Waals surface area contributed by atoms with Gasteiger partial charge < -0.3 is 4.74 Å². The highest BCUT2D eigenvalue weighted by Gasteiger charge is 2.48. The molecular weight excluding hydrogens is 261 g/mol. The number of para-hydroxylation sites is 1. The molecule has 4 nitrogen and oxygen atoms in total. The van der Waals surface area contributed by atoms with Crippen LogP contribution in [-0.2, 0) is 4.79 Å². The SMILES string of the molecule is COc1ccccc1C(N1CCC(=O)N1)C(F)(F)F. The maximum absolute atomic E-state index is 13.3. The highest BCUT2D eigenvalue weighted by atomic mass is 19.4. The average molecular weight is 274 g/mol. The second-order valence-electron chi connectivity index (χ2n) is 4.16. The molecule has 1 fully saturated rings. The molecule has 1 aliphatic heterocycles. The minimum Gasteiger partial charge on any atom is -0.496 e. The van der Waals surface area contributed by atoms with Crippen molar-refractivity contribution < 1.29 is 22.7 Å². The van der Waals surface area contributed by atoms with Crippen molar-refractivity contribution in [3.63, 3.8) is 0 Å². The number of hydrogen-bond donors (Lipinski definition) is 1. The lowest BCUT2D eigenvalue weighted by molar-refractivity contribution is -0.191. The van der Waals surface area contributed by atoms with E-state index in [1.165, 1.54) is 25.3 Å². The third kappa shape index (κ3) is 2.81. The molecule has 0 aromatic heterocycles. The van der Waals surface area contributed by atoms with Gasteiger partial charge in [-0.15, -0.1) is 0 Å². The number of benzene rings is 1. The van der Waals surface area contributed by atoms with Gasteiger partial charge in [-0.1, -0.05) is 18.2 Å². The number of amides is 1. The molecule has 1 amide bonds. The van der Waals surface area contributed by atoms with Crippen LogP contribution in [-0.4, -0.2) is 30.7 Å². The van der Waals surface area contributed by atoms with Gasteiger partial charge in [0.05, 0.1) is 7.11 Å². The van der Waals surface area contributed by atoms with Crippen LogP contribution >= 0.6 is 0 Å². The molecule has 104 valence electrons. The summed E-state index contributed by atoms with van der Waals surface area (Å²) in [6, 6.07) is 4.01. The molecule has 1 N–H and O–H groups in total. The van der Waals surface area contributed by atoms with Crippen molar-refractivity contribution >= 4 is 5.91 Å². The smallest absolute Gasteiger partial charge is 0.410 e. The minimum atomic E-state index is -4.51. The van der Waals surface area contributed by atoms with Gasteiger partial charge in [-0.2, -0.15) is 13.2 Å². The predicted molar refractivity (Wildman–Crippen MR) is 61.3 cm³/mol. The second kappa shape index (κ2) is 5.08. The fourth-order valence-corrected chi connectivity index (χ4v) is 2.10. The number of hydrogen-bond acceptors (Lipinski definition) is 3. The van der Waals surface area contributed by atoms with Crippen LogP contribution in [0.2, 0.25) is 0 Å². The molecule has 1 aromatic rings. The molecule has 7 heteroatoms. The van der Waals surface area contributed by atoms with Gasteiger partial charge in [-0.3, -0.25) is 10.2 Å². The molecule has 1 unspecified atom stereocenters. The van der Waals surface area contributed by atoms with Crippen LogP contribution in [0.25, 0.3) is 0 Å². The van der Waals surface area contributed by atoms with Gasteiger partial charge in [0.15, 0.2) is 6.04 Å². The van der Waals surface area contributed by atoms with E-state index in [2.05, 4.69) is 5.43 Å². The molecule has 0 spiro atoms. The zero-order valence-corrected chi connectivity index (χ0v) is 10.2. The van der Waals surface area contributed by atoms with E-state index in [9.17, 15) is 18.0 Å². The summed E-state index contributed by atoms with van der Waals surface area (Å²) in [7, 11) is 1.31. The number of hydrazine groups is 1. The highest BCUT2D eigenvalue weighted by Crippen LogP contribution is 2.41. The Balaban J connectivity index is 2.40. The van der Waals surface area contributed by atoms with E-state index in [0.717, 1.165) is 5.01 Å². The van der Waals surface area contributed by atoms with Crippen LogP contribution in [0.15, 0.2) is 24.3 Å². The average Bonchev–Trinajstić information content (AvgIpc) is 2.74. The van der Waals surface area contributed by atoms with Crippen LogP contribution in [0.4, 0.5) is 13.2 Å². The zero-order valence-electron chi connectivity index (χ0n) is 10.2. The van der Waals surface area contributed by atoms with Crippen LogP contribution in [0.1, 0.15) is 18.0 Å². The molecule has 2 rings (SSSR count). The van der Waals surface area contributed by atoms with Crippen LogP contribution in [0.3, 0.4) is 0 Å². The van der Waals surface area contributed by atoms with Crippen LogP contribution in [0, 0.1) is 0 Å². The molecule has 0 bridgehead atoms. The predicted octanol–water partition coefficient (Wildman–Crippen LogP) is 2.04. The summed E-state index contributed by atoms with van der Waals surface area (Å²) in [4.78, 5) is 11.1. The van der Waals surface area contributed by atoms with Gasteiger partial charge >= 0.3 is 6.18 Å². The maximum Gasteiger partial charge on any atom is 0.410 e. The molecule has 1 heterocycles. The van der Waals surface area contributed by atoms with Gasteiger partial charge in [0.2, 0.25) is 5.91 Å². The first-order chi connectivity index (χ1) is 8.93. The fraction of sp³-hybridized carbons (Fsp3) is 0.417. The Labute approximate surface area is 108 Å². The maximum atomic E-state index is 13.3. The third-order valence-corrected chi connectivity index (χ3v) is 2.90. The lowest BCUT2D eigenvalue weighted by Gasteiger charge is -2.30. The van der Waals surface area contributed by atoms with Crippen molar-refractivity contribution in [3.8, 4) is 5.75 Å². The molecule has 1 saturated heterocycles. The first-order valence-corrected chi connectivity index (χ1v) is 5.69. The Morgan fingerprint density at radius 3 is 2.58 bits per heavy atom. The zero-order chi connectivity index (χ0) is 14.0. The largest absolute Gasteiger partial charge is 0.496 e. The molecule has 0 radical (unpaired) electrons. The van der Waals surface area contributed by atoms with Gasteiger partial charge in [-0.25, -0.2) is 5.01 Å². The quantitative estimate of drug-likeness (QED) is 0.917. The number of nitrogens with one attached hydrogen (secondary N) is 1. The number of ether oxygens (including phenoxy) is 1. The number of methoxy groups -OCH3 is 1. The number of carbonyl (C=O) groups is 1. The Bertz CT molecular complexity index is 476. The molecule has 1 atom stereocenters. The number of rotatable bonds is 3. The van der Waals surface area contributed by atoms with Crippen LogP contribution in [0.5, 0.6) is 5.75 Å². The first-order valence-electron chi connectivity index (χ1n) is 5.69. The van der Waals surface area contributed by atoms with E-state index in [4.69, 9.17) is 4.74 Å². The van der Waals surface area contributed by atoms with E-state index in [0.29, 0.717) is 0 Å². The normalized spacial score (nSPS) is 18.2. The van der Waals surface area contributed by atoms with E-state index in [1.807, 2.05) is 0 Å². The lowest BCUT2D eigenvalue weighted by Crippen LogP contribution is -2.43. The van der Waals surface area contributed by atoms with Gasteiger partial charge in [-0.05, 0) is 6.07 Å². The lowest BCUT2D eigenvalue weighted by atomic mass is 10.0. The minimum absolute atomic E-state index is 0.0142. The monoisotopic (exact) mass is 274 g/mol. The Kier molecular flexibility index (Phi) is 3.66. The third-order valence-electron chi connectivity index (χ3n) is 2.90. The summed E-state index contributed by atoms with van der Waals surface area (Å²) in [5.41, 5.74) is 2.21. The van der Waals surface area contributed by atoms with E-state index >= 15 is 0 Å². The number of carbonyl (C=O) groups excluding carboxylic acids is 1. The van der Waals surface area contributed by atoms with E-state index in [-0.39, 0.29) is 24.3 Å². The molecular formula is C12H13F3N2O2. The van der Waals surface area contributed by atoms with Crippen molar-refractivity contribution in [2.45, 2.75) is 18.6 Å². The van der Waals surface area contributed by atoms with Crippen molar-refractivity contribution in [2.24, 2.45) is 0 Å². The van der Waals surface area contributed by atoms with Crippen molar-refractivity contribution in [1.82, 2.24) is 10.4 Å². The van der Waals surface area contributed by atoms with E-state index in [1.54, 1.807) is 6.07 Å². The van der Waals surface area contributed by atoms with E-state index < -0.39 is 18.1 Å². The summed E-state index contributed by atoms with van der Waals surface area (Å²) in [6.07, 6.45) is -4.45. The molecule has 1 aliphatic rings. The molecule has 1 aromatic carbocycles. The van der Waals surface area contributed by atoms with Gasteiger partial charge in [0.25, 0.3) is 0 Å². The summed E-state index contributed by atoms with van der Waals surface area (Å²) in [6.45, 7) is 0.0149. The Morgan fingerprint density at radius 2 is 2.05 bits per heavy atom. The molecule has 0 saturated carbocycles. The van der Waals surface area contributed by atoms with Gasteiger partial charge in [0.1, 0.15) is 5.75 Å². The summed E-state index contributed by atoms with van der Waals surface area (Å²) in [5, 5.41) is 0.903. The van der Waals surface area contributed by atoms with Crippen LogP contribution < -0.4 is 10.2 Å². The first kappa shape index (κ1) is 13.7. The summed E-state index contributed by atoms with van der Waals surface area (Å²) < 4.78 is 44.7. The summed E-state index contributed by atoms with van der Waals surface area (Å²) >= 11 is 0. The molecule has 0 aliphatic carbocycles. The van der Waals surface area contributed by atoms with Crippen molar-refractivity contribution in [2.75, 3.05) is 13.7 Å². The Morgan fingerprint density at radius 1 is 1.37 bits per heavy atom. The summed E-state index contributed by atoms with van der Waals surface area (Å²) in [5.74, 6) is -0.268. The number of halogens is 3. The Hall–Kier alpha value is -1.76. The second-order valence-corrected chi connectivity index (χ2v) is 4.16. The van der Waals surface area contributed by atoms with Gasteiger partial charge in [0, 0.05) is 18.5 Å². The molecule has 19 heavy (non-hydrogen) atoms. The topological polar surface area (TPSA) is 41.6 Å². The fourth-order valence-electron chi connectivity index (χ4n) is 2.10. The number of nitrogens with zero attached hydrogens (tertiary/aromatic N) is 1. The van der Waals surface area contributed by atoms with Crippen molar-refractivity contribution in [1.29, 1.82) is 0 Å².